The molecular weight excluding hydrogens is 461 g/mol. The highest BCUT2D eigenvalue weighted by molar-refractivity contribution is 8.26. The summed E-state index contributed by atoms with van der Waals surface area (Å²) < 4.78 is 14.3. The van der Waals surface area contributed by atoms with Crippen molar-refractivity contribution >= 4 is 40.2 Å². The third-order valence-corrected chi connectivity index (χ3v) is 6.30. The SMILES string of the molecule is CCN1C(=O)c2c(O)c(=O)c(C(=N)SC(=N)Cc3ccc(F)cc3)cn2N(C)C1C(C=N)C=N. The Hall–Kier alpha value is -3.80. The fourth-order valence-electron chi connectivity index (χ4n) is 3.79. The second-order valence-corrected chi connectivity index (χ2v) is 8.67. The van der Waals surface area contributed by atoms with Crippen molar-refractivity contribution in [3.63, 3.8) is 0 Å². The number of fused-ring (bicyclic) bond motifs is 1. The Balaban J connectivity index is 1.97. The largest absolute Gasteiger partial charge is 0.502 e. The van der Waals surface area contributed by atoms with Gasteiger partial charge in [-0.05, 0) is 24.6 Å². The van der Waals surface area contributed by atoms with Crippen molar-refractivity contribution in [2.75, 3.05) is 18.6 Å². The molecule has 10 nitrogen and oxygen atoms in total. The number of carbonyl (C=O) groups excluding carboxylic acids is 1. The number of hydrogen-bond acceptors (Lipinski definition) is 9. The van der Waals surface area contributed by atoms with Gasteiger partial charge in [0.25, 0.3) is 5.91 Å². The molecule has 2 heterocycles. The van der Waals surface area contributed by atoms with Crippen LogP contribution in [0, 0.1) is 33.4 Å². The lowest BCUT2D eigenvalue weighted by molar-refractivity contribution is 0.0578. The minimum Gasteiger partial charge on any atom is -0.502 e. The number of benzene rings is 1. The summed E-state index contributed by atoms with van der Waals surface area (Å²) in [7, 11) is 1.59. The molecule has 0 spiro atoms. The molecule has 178 valence electrons. The lowest BCUT2D eigenvalue weighted by atomic mass is 10.0. The number of amides is 1. The standard InChI is InChI=1S/C22H24FN7O3S/c1-3-29-21(13(9-24)10-25)28(2)30-11-15(18(31)19(32)17(30)22(29)33)20(27)34-16(26)8-12-4-6-14(23)7-5-12/h4-7,9-11,13,21,24-27,32H,3,8H2,1-2H3. The van der Waals surface area contributed by atoms with E-state index in [0.717, 1.165) is 12.4 Å². The van der Waals surface area contributed by atoms with E-state index in [9.17, 15) is 19.1 Å². The molecule has 1 aromatic carbocycles. The Morgan fingerprint density at radius 3 is 2.38 bits per heavy atom. The monoisotopic (exact) mass is 485 g/mol. The molecule has 5 N–H and O–H groups in total. The Bertz CT molecular complexity index is 1220. The number of pyridine rings is 1. The first-order valence-electron chi connectivity index (χ1n) is 10.3. The second-order valence-electron chi connectivity index (χ2n) is 7.56. The Labute approximate surface area is 199 Å². The van der Waals surface area contributed by atoms with Crippen LogP contribution < -0.4 is 10.4 Å². The van der Waals surface area contributed by atoms with Gasteiger partial charge in [0, 0.05) is 38.6 Å². The van der Waals surface area contributed by atoms with Crippen LogP contribution in [0.3, 0.4) is 0 Å². The fraction of sp³-hybridized carbons (Fsp3) is 0.273. The average Bonchev–Trinajstić information content (AvgIpc) is 2.80. The van der Waals surface area contributed by atoms with Crippen molar-refractivity contribution < 1.29 is 14.3 Å². The maximum Gasteiger partial charge on any atom is 0.278 e. The quantitative estimate of drug-likeness (QED) is 0.300. The molecule has 1 aliphatic heterocycles. The molecule has 1 atom stereocenters. The van der Waals surface area contributed by atoms with Gasteiger partial charge in [0.1, 0.15) is 17.0 Å². The number of nitrogens with one attached hydrogen (secondary N) is 4. The third-order valence-electron chi connectivity index (χ3n) is 5.49. The predicted octanol–water partition coefficient (Wildman–Crippen LogP) is 2.26. The zero-order valence-electron chi connectivity index (χ0n) is 18.5. The van der Waals surface area contributed by atoms with Gasteiger partial charge in [0.2, 0.25) is 5.43 Å². The first kappa shape index (κ1) is 24.8. The zero-order valence-corrected chi connectivity index (χ0v) is 19.3. The zero-order chi connectivity index (χ0) is 25.2. The van der Waals surface area contributed by atoms with E-state index >= 15 is 0 Å². The van der Waals surface area contributed by atoms with Gasteiger partial charge in [-0.25, -0.2) is 4.39 Å². The predicted molar refractivity (Wildman–Crippen MR) is 130 cm³/mol. The number of hydrogen-bond donors (Lipinski definition) is 5. The summed E-state index contributed by atoms with van der Waals surface area (Å²) in [6, 6.07) is 5.59. The molecule has 0 fully saturated rings. The summed E-state index contributed by atoms with van der Waals surface area (Å²) in [5.41, 5.74) is -0.735. The van der Waals surface area contributed by atoms with Crippen LogP contribution in [0.5, 0.6) is 5.75 Å². The van der Waals surface area contributed by atoms with E-state index in [1.165, 1.54) is 45.0 Å². The highest BCUT2D eigenvalue weighted by Crippen LogP contribution is 2.27. The molecule has 0 saturated heterocycles. The number of carbonyl (C=O) groups is 1. The molecule has 1 unspecified atom stereocenters. The van der Waals surface area contributed by atoms with Crippen molar-refractivity contribution in [3.05, 3.63) is 63.3 Å². The summed E-state index contributed by atoms with van der Waals surface area (Å²) in [6.07, 6.45) is 2.69. The molecule has 2 aromatic rings. The van der Waals surface area contributed by atoms with E-state index in [4.69, 9.17) is 21.6 Å². The van der Waals surface area contributed by atoms with Crippen LogP contribution in [0.2, 0.25) is 0 Å². The molecule has 1 aromatic heterocycles. The number of thioether (sulfide) groups is 1. The van der Waals surface area contributed by atoms with E-state index in [0.29, 0.717) is 17.3 Å². The number of rotatable bonds is 7. The average molecular weight is 486 g/mol. The summed E-state index contributed by atoms with van der Waals surface area (Å²) in [4.78, 5) is 27.3. The molecule has 0 aliphatic carbocycles. The smallest absolute Gasteiger partial charge is 0.278 e. The second kappa shape index (κ2) is 10.00. The maximum absolute atomic E-state index is 13.1. The van der Waals surface area contributed by atoms with Crippen LogP contribution in [-0.2, 0) is 6.42 Å². The summed E-state index contributed by atoms with van der Waals surface area (Å²) >= 11 is 0.711. The molecule has 0 bridgehead atoms. The minimum atomic E-state index is -0.912. The van der Waals surface area contributed by atoms with Gasteiger partial charge in [-0.2, -0.15) is 0 Å². The molecule has 12 heteroatoms. The number of aromatic nitrogens is 1. The topological polar surface area (TPSA) is 161 Å². The third kappa shape index (κ3) is 4.49. The highest BCUT2D eigenvalue weighted by atomic mass is 32.2. The van der Waals surface area contributed by atoms with Crippen molar-refractivity contribution in [2.24, 2.45) is 5.92 Å². The van der Waals surface area contributed by atoms with Gasteiger partial charge in [-0.15, -0.1) is 0 Å². The highest BCUT2D eigenvalue weighted by Gasteiger charge is 2.41. The summed E-state index contributed by atoms with van der Waals surface area (Å²) in [6.45, 7) is 1.93. The first-order valence-corrected chi connectivity index (χ1v) is 11.1. The van der Waals surface area contributed by atoms with Gasteiger partial charge in [-0.3, -0.25) is 30.1 Å². The molecule has 3 rings (SSSR count). The van der Waals surface area contributed by atoms with E-state index in [1.807, 2.05) is 0 Å². The van der Waals surface area contributed by atoms with Gasteiger partial charge in [0.05, 0.1) is 16.5 Å². The number of halogens is 1. The fourth-order valence-corrected chi connectivity index (χ4v) is 4.53. The molecule has 0 saturated carbocycles. The molecule has 0 radical (unpaired) electrons. The van der Waals surface area contributed by atoms with E-state index in [1.54, 1.807) is 14.0 Å². The van der Waals surface area contributed by atoms with Crippen molar-refractivity contribution in [1.82, 2.24) is 9.58 Å². The van der Waals surface area contributed by atoms with E-state index < -0.39 is 35.0 Å². The molecule has 1 aliphatic rings. The Kier molecular flexibility index (Phi) is 7.30. The van der Waals surface area contributed by atoms with Crippen LogP contribution in [-0.4, -0.2) is 62.9 Å². The lowest BCUT2D eigenvalue weighted by Crippen LogP contribution is -2.63. The van der Waals surface area contributed by atoms with Gasteiger partial charge in [0.15, 0.2) is 11.4 Å². The first-order chi connectivity index (χ1) is 16.1. The molecular formula is C22H24FN7O3S. The Morgan fingerprint density at radius 2 is 1.82 bits per heavy atom. The van der Waals surface area contributed by atoms with Crippen LogP contribution in [0.15, 0.2) is 35.3 Å². The van der Waals surface area contributed by atoms with Gasteiger partial charge >= 0.3 is 0 Å². The number of aromatic hydroxyl groups is 1. The number of nitrogens with zero attached hydrogens (tertiary/aromatic N) is 3. The normalized spacial score (nSPS) is 16.1. The van der Waals surface area contributed by atoms with Gasteiger partial charge < -0.3 is 20.8 Å². The van der Waals surface area contributed by atoms with Crippen LogP contribution in [0.1, 0.15) is 28.5 Å². The van der Waals surface area contributed by atoms with E-state index in [2.05, 4.69) is 0 Å². The van der Waals surface area contributed by atoms with Crippen LogP contribution in [0.25, 0.3) is 0 Å². The lowest BCUT2D eigenvalue weighted by Gasteiger charge is -2.46. The van der Waals surface area contributed by atoms with Crippen LogP contribution >= 0.6 is 11.8 Å². The van der Waals surface area contributed by atoms with Crippen LogP contribution in [0.4, 0.5) is 4.39 Å². The molecule has 34 heavy (non-hydrogen) atoms. The maximum atomic E-state index is 13.1. The molecule has 1 amide bonds. The van der Waals surface area contributed by atoms with Crippen molar-refractivity contribution in [2.45, 2.75) is 19.5 Å². The van der Waals surface area contributed by atoms with Gasteiger partial charge in [-0.1, -0.05) is 23.9 Å². The summed E-state index contributed by atoms with van der Waals surface area (Å²) in [5, 5.41) is 43.7. The minimum absolute atomic E-state index is 0.0327. The van der Waals surface area contributed by atoms with Crippen molar-refractivity contribution in [1.29, 1.82) is 21.6 Å². The Morgan fingerprint density at radius 1 is 1.21 bits per heavy atom. The van der Waals surface area contributed by atoms with Crippen molar-refractivity contribution in [3.8, 4) is 5.75 Å². The van der Waals surface area contributed by atoms with E-state index in [-0.39, 0.29) is 34.3 Å². The summed E-state index contributed by atoms with van der Waals surface area (Å²) in [5.74, 6) is -2.60.